The second-order valence-corrected chi connectivity index (χ2v) is 11.5. The van der Waals surface area contributed by atoms with Crippen LogP contribution in [0.1, 0.15) is 39.1 Å². The highest BCUT2D eigenvalue weighted by Gasteiger charge is 2.18. The summed E-state index contributed by atoms with van der Waals surface area (Å²) < 4.78 is 0. The fourth-order valence-electron chi connectivity index (χ4n) is 6.42. The van der Waals surface area contributed by atoms with E-state index < -0.39 is 0 Å². The molecule has 0 heterocycles. The summed E-state index contributed by atoms with van der Waals surface area (Å²) in [5.41, 5.74) is 6.97. The number of hydrogen-bond acceptors (Lipinski definition) is 2. The van der Waals surface area contributed by atoms with Gasteiger partial charge in [-0.1, -0.05) is 152 Å². The number of fused-ring (bicyclic) bond motifs is 2. The van der Waals surface area contributed by atoms with Crippen LogP contribution in [0.5, 0.6) is 0 Å². The first kappa shape index (κ1) is 27.5. The van der Waals surface area contributed by atoms with Crippen LogP contribution in [0.15, 0.2) is 152 Å². The van der Waals surface area contributed by atoms with Gasteiger partial charge in [-0.2, -0.15) is 0 Å². The molecule has 6 aromatic carbocycles. The number of benzene rings is 6. The van der Waals surface area contributed by atoms with Gasteiger partial charge in [-0.05, 0) is 61.7 Å². The Kier molecular flexibility index (Phi) is 7.56. The molecule has 7 rings (SSSR count). The lowest BCUT2D eigenvalue weighted by Gasteiger charge is -2.18. The normalized spacial score (nSPS) is 14.2. The first-order valence-corrected chi connectivity index (χ1v) is 15.2. The number of rotatable bonds is 8. The number of carbonyl (C=O) groups excluding carboxylic acids is 2. The summed E-state index contributed by atoms with van der Waals surface area (Å²) in [6.07, 6.45) is 10.2. The van der Waals surface area contributed by atoms with E-state index in [-0.39, 0.29) is 17.5 Å². The summed E-state index contributed by atoms with van der Waals surface area (Å²) in [6.45, 7) is 0. The molecular formula is C42H32O2. The molecule has 2 heteroatoms. The van der Waals surface area contributed by atoms with Gasteiger partial charge in [-0.15, -0.1) is 0 Å². The quantitative estimate of drug-likeness (QED) is 0.135. The van der Waals surface area contributed by atoms with Gasteiger partial charge < -0.3 is 0 Å². The van der Waals surface area contributed by atoms with Crippen LogP contribution in [0.2, 0.25) is 0 Å². The van der Waals surface area contributed by atoms with Crippen LogP contribution in [0.25, 0.3) is 43.8 Å². The van der Waals surface area contributed by atoms with Crippen molar-refractivity contribution in [3.8, 4) is 22.3 Å². The Balaban J connectivity index is 1.26. The summed E-state index contributed by atoms with van der Waals surface area (Å²) >= 11 is 0. The lowest BCUT2D eigenvalue weighted by atomic mass is 9.85. The largest absolute Gasteiger partial charge is 0.294 e. The third-order valence-corrected chi connectivity index (χ3v) is 8.65. The molecule has 1 atom stereocenters. The van der Waals surface area contributed by atoms with Gasteiger partial charge in [0, 0.05) is 24.0 Å². The smallest absolute Gasteiger partial charge is 0.167 e. The second kappa shape index (κ2) is 12.1. The Labute approximate surface area is 258 Å². The number of ketones is 2. The fourth-order valence-corrected chi connectivity index (χ4v) is 6.42. The number of hydrogen-bond donors (Lipinski definition) is 0. The van der Waals surface area contributed by atoms with Gasteiger partial charge in [0.15, 0.2) is 11.6 Å². The van der Waals surface area contributed by atoms with Gasteiger partial charge in [0.1, 0.15) is 0 Å². The summed E-state index contributed by atoms with van der Waals surface area (Å²) in [5.74, 6) is 0.558. The van der Waals surface area contributed by atoms with Crippen LogP contribution in [-0.4, -0.2) is 11.6 Å². The van der Waals surface area contributed by atoms with Crippen molar-refractivity contribution in [1.82, 2.24) is 0 Å². The summed E-state index contributed by atoms with van der Waals surface area (Å²) in [4.78, 5) is 26.1. The Morgan fingerprint density at radius 2 is 1.00 bits per heavy atom. The first-order valence-electron chi connectivity index (χ1n) is 15.2. The van der Waals surface area contributed by atoms with Crippen LogP contribution in [0, 0.1) is 5.92 Å². The maximum absolute atomic E-state index is 13.1. The molecule has 0 N–H and O–H groups in total. The minimum absolute atomic E-state index is 0.113. The highest BCUT2D eigenvalue weighted by molar-refractivity contribution is 6.21. The van der Waals surface area contributed by atoms with E-state index in [0.29, 0.717) is 18.4 Å². The van der Waals surface area contributed by atoms with E-state index in [9.17, 15) is 9.59 Å². The highest BCUT2D eigenvalue weighted by atomic mass is 16.1. The fraction of sp³-hybridized carbons (Fsp3) is 0.0952. The molecule has 2 nitrogen and oxygen atoms in total. The minimum atomic E-state index is 0.113. The van der Waals surface area contributed by atoms with Gasteiger partial charge in [0.25, 0.3) is 0 Å². The van der Waals surface area contributed by atoms with Crippen molar-refractivity contribution >= 4 is 33.1 Å². The lowest BCUT2D eigenvalue weighted by Crippen LogP contribution is -2.07. The van der Waals surface area contributed by atoms with Crippen molar-refractivity contribution in [2.45, 2.75) is 19.3 Å². The zero-order chi connectivity index (χ0) is 29.9. The molecule has 0 amide bonds. The maximum Gasteiger partial charge on any atom is 0.167 e. The van der Waals surface area contributed by atoms with Gasteiger partial charge in [-0.25, -0.2) is 0 Å². The van der Waals surface area contributed by atoms with E-state index in [1.165, 1.54) is 0 Å². The summed E-state index contributed by atoms with van der Waals surface area (Å²) in [5, 5.41) is 4.62. The van der Waals surface area contributed by atoms with Crippen LogP contribution < -0.4 is 0 Å². The molecule has 1 aliphatic carbocycles. The van der Waals surface area contributed by atoms with Crippen molar-refractivity contribution in [2.24, 2.45) is 5.92 Å². The first-order chi connectivity index (χ1) is 21.7. The maximum atomic E-state index is 13.1. The predicted molar refractivity (Wildman–Crippen MR) is 182 cm³/mol. The second-order valence-electron chi connectivity index (χ2n) is 11.5. The summed E-state index contributed by atoms with van der Waals surface area (Å²) in [7, 11) is 0. The Morgan fingerprint density at radius 3 is 1.48 bits per heavy atom. The molecule has 1 aliphatic rings. The Bertz CT molecular complexity index is 1990. The van der Waals surface area contributed by atoms with Crippen molar-refractivity contribution in [1.29, 1.82) is 0 Å². The van der Waals surface area contributed by atoms with Gasteiger partial charge in [0.2, 0.25) is 0 Å². The molecule has 0 aromatic heterocycles. The number of Topliss-reactive ketones (excluding diaryl/α,β-unsaturated/α-hetero) is 2. The Morgan fingerprint density at radius 1 is 0.523 bits per heavy atom. The van der Waals surface area contributed by atoms with E-state index in [1.54, 1.807) is 0 Å². The van der Waals surface area contributed by atoms with Crippen LogP contribution >= 0.6 is 0 Å². The molecule has 6 aromatic rings. The molecule has 212 valence electrons. The Hall–Kier alpha value is -5.34. The number of carbonyl (C=O) groups is 2. The molecule has 0 fully saturated rings. The monoisotopic (exact) mass is 568 g/mol. The highest BCUT2D eigenvalue weighted by Crippen LogP contribution is 2.43. The lowest BCUT2D eigenvalue weighted by molar-refractivity contribution is 0.0967. The topological polar surface area (TPSA) is 34.1 Å². The van der Waals surface area contributed by atoms with E-state index in [4.69, 9.17) is 0 Å². The van der Waals surface area contributed by atoms with Crippen molar-refractivity contribution in [3.05, 3.63) is 168 Å². The zero-order valence-corrected chi connectivity index (χ0v) is 24.4. The average molecular weight is 569 g/mol. The molecule has 0 saturated heterocycles. The molecule has 0 saturated carbocycles. The van der Waals surface area contributed by atoms with E-state index in [2.05, 4.69) is 84.9 Å². The number of allylic oxidation sites excluding steroid dienone is 4. The molecular weight excluding hydrogens is 536 g/mol. The van der Waals surface area contributed by atoms with Crippen LogP contribution in [0.3, 0.4) is 0 Å². The van der Waals surface area contributed by atoms with E-state index in [0.717, 1.165) is 61.3 Å². The van der Waals surface area contributed by atoms with Crippen molar-refractivity contribution < 1.29 is 9.59 Å². The molecule has 1 unspecified atom stereocenters. The van der Waals surface area contributed by atoms with Crippen LogP contribution in [0.4, 0.5) is 0 Å². The van der Waals surface area contributed by atoms with E-state index >= 15 is 0 Å². The molecule has 0 spiro atoms. The van der Waals surface area contributed by atoms with Crippen molar-refractivity contribution in [3.63, 3.8) is 0 Å². The SMILES string of the molecule is O=C(Cc1ccccc1)c1ccc(-c2c3ccccc3c(-c3ccc(C(=O)CC4C=CC=CC4)cc3)c3ccccc23)cc1. The molecule has 0 radical (unpaired) electrons. The average Bonchev–Trinajstić information content (AvgIpc) is 3.08. The third-order valence-electron chi connectivity index (χ3n) is 8.65. The van der Waals surface area contributed by atoms with Gasteiger partial charge in [-0.3, -0.25) is 9.59 Å². The molecule has 44 heavy (non-hydrogen) atoms. The summed E-state index contributed by atoms with van der Waals surface area (Å²) in [6, 6.07) is 43.1. The zero-order valence-electron chi connectivity index (χ0n) is 24.4. The standard InChI is InChI=1S/C42H32O2/c43-39(27-29-11-3-1-4-12-29)31-19-23-33(24-20-31)41-35-15-7-9-17-37(35)42(38-18-10-8-16-36(38)41)34-25-21-32(22-26-34)40(44)28-30-13-5-2-6-14-30/h1-13,15-26,30H,14,27-28H2. The predicted octanol–water partition coefficient (Wildman–Crippen LogP) is 10.5. The minimum Gasteiger partial charge on any atom is -0.294 e. The third kappa shape index (κ3) is 5.43. The van der Waals surface area contributed by atoms with Gasteiger partial charge >= 0.3 is 0 Å². The van der Waals surface area contributed by atoms with E-state index in [1.807, 2.05) is 66.7 Å². The molecule has 0 bridgehead atoms. The van der Waals surface area contributed by atoms with Crippen molar-refractivity contribution in [2.75, 3.05) is 0 Å². The van der Waals surface area contributed by atoms with Gasteiger partial charge in [0.05, 0.1) is 0 Å². The van der Waals surface area contributed by atoms with Crippen LogP contribution in [-0.2, 0) is 6.42 Å². The molecule has 0 aliphatic heterocycles.